The van der Waals surface area contributed by atoms with Gasteiger partial charge in [-0.3, -0.25) is 14.4 Å². The van der Waals surface area contributed by atoms with E-state index in [1.165, 1.54) is 6.92 Å². The van der Waals surface area contributed by atoms with Crippen LogP contribution in [0.1, 0.15) is 44.6 Å². The minimum absolute atomic E-state index is 0.0103. The van der Waals surface area contributed by atoms with E-state index in [0.29, 0.717) is 17.8 Å². The first-order chi connectivity index (χ1) is 13.0. The van der Waals surface area contributed by atoms with Gasteiger partial charge in [-0.05, 0) is 31.9 Å². The summed E-state index contributed by atoms with van der Waals surface area (Å²) in [5.41, 5.74) is 0.703. The molecule has 27 heavy (non-hydrogen) atoms. The second-order valence-corrected chi connectivity index (χ2v) is 7.11. The highest BCUT2D eigenvalue weighted by atomic mass is 16.5. The number of para-hydroxylation sites is 1. The first-order valence-electron chi connectivity index (χ1n) is 9.29. The third-order valence-corrected chi connectivity index (χ3v) is 5.22. The van der Waals surface area contributed by atoms with Gasteiger partial charge >= 0.3 is 5.97 Å². The Morgan fingerprint density at radius 1 is 1.30 bits per heavy atom. The van der Waals surface area contributed by atoms with Crippen LogP contribution in [0.5, 0.6) is 0 Å². The number of carbonyl (C=O) groups excluding carboxylic acids is 3. The van der Waals surface area contributed by atoms with Crippen LogP contribution in [0.25, 0.3) is 0 Å². The molecule has 1 saturated heterocycles. The molecule has 142 valence electrons. The van der Waals surface area contributed by atoms with Crippen LogP contribution >= 0.6 is 0 Å². The smallest absolute Gasteiger partial charge is 0.312 e. The molecule has 7 nitrogen and oxygen atoms in total. The summed E-state index contributed by atoms with van der Waals surface area (Å²) in [5.74, 6) is -1.58. The van der Waals surface area contributed by atoms with Gasteiger partial charge in [-0.2, -0.15) is 5.26 Å². The Labute approximate surface area is 158 Å². The minimum atomic E-state index is -1.01. The zero-order valence-corrected chi connectivity index (χ0v) is 15.3. The van der Waals surface area contributed by atoms with Crippen LogP contribution in [-0.2, 0) is 19.1 Å². The summed E-state index contributed by atoms with van der Waals surface area (Å²) in [6, 6.07) is 8.84. The normalized spacial score (nSPS) is 21.0. The highest BCUT2D eigenvalue weighted by Gasteiger charge is 2.40. The molecule has 0 bridgehead atoms. The summed E-state index contributed by atoms with van der Waals surface area (Å²) in [7, 11) is 0. The number of nitrogens with one attached hydrogen (secondary N) is 1. The lowest BCUT2D eigenvalue weighted by molar-refractivity contribution is -0.157. The van der Waals surface area contributed by atoms with Gasteiger partial charge in [-0.25, -0.2) is 0 Å². The molecule has 0 aromatic heterocycles. The van der Waals surface area contributed by atoms with E-state index >= 15 is 0 Å². The predicted molar refractivity (Wildman–Crippen MR) is 97.4 cm³/mol. The van der Waals surface area contributed by atoms with Crippen molar-refractivity contribution >= 4 is 23.5 Å². The quantitative estimate of drug-likeness (QED) is 0.802. The number of esters is 1. The van der Waals surface area contributed by atoms with Crippen molar-refractivity contribution < 1.29 is 19.1 Å². The van der Waals surface area contributed by atoms with Gasteiger partial charge in [0, 0.05) is 19.0 Å². The summed E-state index contributed by atoms with van der Waals surface area (Å²) >= 11 is 0. The average Bonchev–Trinajstić information content (AvgIpc) is 3.31. The van der Waals surface area contributed by atoms with Gasteiger partial charge in [0.2, 0.25) is 5.91 Å². The average molecular weight is 369 g/mol. The van der Waals surface area contributed by atoms with Gasteiger partial charge in [0.05, 0.1) is 17.2 Å². The number of benzene rings is 1. The molecule has 1 heterocycles. The van der Waals surface area contributed by atoms with E-state index in [0.717, 1.165) is 25.7 Å². The number of nitrogens with zero attached hydrogens (tertiary/aromatic N) is 2. The highest BCUT2D eigenvalue weighted by Crippen LogP contribution is 2.30. The summed E-state index contributed by atoms with van der Waals surface area (Å²) in [6.07, 6.45) is 3.34. The van der Waals surface area contributed by atoms with E-state index in [1.807, 2.05) is 6.07 Å². The molecule has 0 unspecified atom stereocenters. The van der Waals surface area contributed by atoms with Crippen molar-refractivity contribution in [3.63, 3.8) is 0 Å². The highest BCUT2D eigenvalue weighted by molar-refractivity contribution is 5.96. The van der Waals surface area contributed by atoms with Crippen LogP contribution in [-0.4, -0.2) is 41.4 Å². The molecule has 2 atom stereocenters. The Balaban J connectivity index is 1.55. The molecular formula is C20H23N3O4. The molecule has 0 radical (unpaired) electrons. The van der Waals surface area contributed by atoms with Crippen molar-refractivity contribution in [2.24, 2.45) is 5.92 Å². The number of likely N-dealkylation sites (tertiary alicyclic amines) is 1. The molecule has 1 N–H and O–H groups in total. The molecule has 1 aromatic rings. The summed E-state index contributed by atoms with van der Waals surface area (Å²) < 4.78 is 5.29. The van der Waals surface area contributed by atoms with E-state index in [9.17, 15) is 14.4 Å². The third-order valence-electron chi connectivity index (χ3n) is 5.22. The van der Waals surface area contributed by atoms with E-state index in [1.54, 1.807) is 29.2 Å². The molecule has 2 amide bonds. The summed E-state index contributed by atoms with van der Waals surface area (Å²) in [6.45, 7) is 1.85. The number of nitriles is 1. The van der Waals surface area contributed by atoms with Gasteiger partial charge in [-0.1, -0.05) is 25.0 Å². The number of rotatable bonds is 5. The summed E-state index contributed by atoms with van der Waals surface area (Å²) in [5, 5.41) is 11.7. The Hall–Kier alpha value is -2.88. The van der Waals surface area contributed by atoms with Crippen molar-refractivity contribution in [1.29, 1.82) is 5.26 Å². The van der Waals surface area contributed by atoms with Crippen LogP contribution in [0.15, 0.2) is 24.3 Å². The molecular weight excluding hydrogens is 346 g/mol. The second-order valence-electron chi connectivity index (χ2n) is 7.11. The van der Waals surface area contributed by atoms with Crippen molar-refractivity contribution in [1.82, 2.24) is 4.90 Å². The lowest BCUT2D eigenvalue weighted by Crippen LogP contribution is -2.36. The molecule has 0 spiro atoms. The molecule has 3 rings (SSSR count). The van der Waals surface area contributed by atoms with E-state index in [2.05, 4.69) is 5.32 Å². The molecule has 2 fully saturated rings. The van der Waals surface area contributed by atoms with Crippen LogP contribution < -0.4 is 5.32 Å². The maximum Gasteiger partial charge on any atom is 0.312 e. The van der Waals surface area contributed by atoms with Gasteiger partial charge < -0.3 is 15.0 Å². The van der Waals surface area contributed by atoms with Gasteiger partial charge in [-0.15, -0.1) is 0 Å². The number of amides is 2. The largest absolute Gasteiger partial charge is 0.452 e. The standard InChI is InChI=1S/C20H23N3O4/c1-13(19(25)22-17-9-5-2-6-14(17)11-21)27-20(26)15-10-18(24)23(12-15)16-7-3-4-8-16/h2,5-6,9,13,15-16H,3-4,7-8,10,12H2,1H3,(H,22,25)/t13-,15+/m1/s1. The van der Waals surface area contributed by atoms with Crippen LogP contribution in [0, 0.1) is 17.2 Å². The fraction of sp³-hybridized carbons (Fsp3) is 0.500. The van der Waals surface area contributed by atoms with Gasteiger partial charge in [0.1, 0.15) is 6.07 Å². The molecule has 1 saturated carbocycles. The number of ether oxygens (including phenoxy) is 1. The zero-order valence-electron chi connectivity index (χ0n) is 15.3. The fourth-order valence-corrected chi connectivity index (χ4v) is 3.71. The Bertz CT molecular complexity index is 780. The lowest BCUT2D eigenvalue weighted by Gasteiger charge is -2.24. The number of carbonyl (C=O) groups is 3. The van der Waals surface area contributed by atoms with Crippen molar-refractivity contribution in [2.75, 3.05) is 11.9 Å². The number of hydrogen-bond acceptors (Lipinski definition) is 5. The SMILES string of the molecule is C[C@@H](OC(=O)[C@H]1CC(=O)N(C2CCCC2)C1)C(=O)Nc1ccccc1C#N. The monoisotopic (exact) mass is 369 g/mol. The van der Waals surface area contributed by atoms with E-state index in [-0.39, 0.29) is 18.4 Å². The van der Waals surface area contributed by atoms with E-state index < -0.39 is 23.9 Å². The zero-order chi connectivity index (χ0) is 19.4. The van der Waals surface area contributed by atoms with Crippen molar-refractivity contribution in [3.05, 3.63) is 29.8 Å². The molecule has 1 aliphatic carbocycles. The Kier molecular flexibility index (Phi) is 5.75. The first kappa shape index (κ1) is 18.9. The Morgan fingerprint density at radius 3 is 2.70 bits per heavy atom. The molecule has 7 heteroatoms. The predicted octanol–water partition coefficient (Wildman–Crippen LogP) is 2.22. The third kappa shape index (κ3) is 4.27. The maximum atomic E-state index is 12.4. The van der Waals surface area contributed by atoms with Crippen molar-refractivity contribution in [2.45, 2.75) is 51.2 Å². The topological polar surface area (TPSA) is 99.5 Å². The van der Waals surface area contributed by atoms with E-state index in [4.69, 9.17) is 10.00 Å². The van der Waals surface area contributed by atoms with Crippen molar-refractivity contribution in [3.8, 4) is 6.07 Å². The molecule has 1 aliphatic heterocycles. The number of anilines is 1. The lowest BCUT2D eigenvalue weighted by atomic mass is 10.1. The first-order valence-corrected chi connectivity index (χ1v) is 9.29. The summed E-state index contributed by atoms with van der Waals surface area (Å²) in [4.78, 5) is 38.7. The second kappa shape index (κ2) is 8.21. The number of hydrogen-bond donors (Lipinski definition) is 1. The van der Waals surface area contributed by atoms with Crippen LogP contribution in [0.3, 0.4) is 0 Å². The van der Waals surface area contributed by atoms with Gasteiger partial charge in [0.15, 0.2) is 6.10 Å². The van der Waals surface area contributed by atoms with Crippen LogP contribution in [0.2, 0.25) is 0 Å². The van der Waals surface area contributed by atoms with Gasteiger partial charge in [0.25, 0.3) is 5.91 Å². The Morgan fingerprint density at radius 2 is 2.00 bits per heavy atom. The fourth-order valence-electron chi connectivity index (χ4n) is 3.71. The molecule has 2 aliphatic rings. The van der Waals surface area contributed by atoms with Crippen LogP contribution in [0.4, 0.5) is 5.69 Å². The maximum absolute atomic E-state index is 12.4. The minimum Gasteiger partial charge on any atom is -0.452 e. The molecule has 1 aromatic carbocycles.